The highest BCUT2D eigenvalue weighted by Crippen LogP contribution is 2.25. The number of amides is 1. The van der Waals surface area contributed by atoms with Crippen molar-refractivity contribution >= 4 is 34.6 Å². The van der Waals surface area contributed by atoms with Crippen LogP contribution in [0.25, 0.3) is 10.9 Å². The number of benzene rings is 3. The molecule has 2 heterocycles. The molecule has 1 aromatic heterocycles. The second kappa shape index (κ2) is 10.1. The van der Waals surface area contributed by atoms with E-state index in [4.69, 9.17) is 16.3 Å². The molecule has 1 aliphatic rings. The number of H-pyrrole nitrogens is 1. The van der Waals surface area contributed by atoms with Gasteiger partial charge in [-0.25, -0.2) is 16.3 Å². The molecule has 8 heteroatoms. The van der Waals surface area contributed by atoms with Crippen LogP contribution in [0.3, 0.4) is 0 Å². The Labute approximate surface area is 202 Å². The van der Waals surface area contributed by atoms with Gasteiger partial charge < -0.3 is 9.72 Å². The third kappa shape index (κ3) is 4.97. The van der Waals surface area contributed by atoms with Crippen molar-refractivity contribution in [1.82, 2.24) is 21.3 Å². The highest BCUT2D eigenvalue weighted by molar-refractivity contribution is 6.31. The van der Waals surface area contributed by atoms with E-state index in [0.29, 0.717) is 18.1 Å². The number of aromatic amines is 1. The van der Waals surface area contributed by atoms with Crippen molar-refractivity contribution < 1.29 is 9.53 Å². The van der Waals surface area contributed by atoms with Crippen LogP contribution in [0.4, 0.5) is 0 Å². The highest BCUT2D eigenvalue weighted by atomic mass is 35.5. The number of nitrogens with one attached hydrogen (secondary N) is 4. The van der Waals surface area contributed by atoms with Gasteiger partial charge in [-0.3, -0.25) is 4.79 Å². The number of carbonyl (C=O) groups is 1. The second-order valence-electron chi connectivity index (χ2n) is 8.10. The predicted molar refractivity (Wildman–Crippen MR) is 134 cm³/mol. The lowest BCUT2D eigenvalue weighted by atomic mass is 10.0. The number of halogens is 1. The van der Waals surface area contributed by atoms with Gasteiger partial charge in [0.15, 0.2) is 0 Å². The van der Waals surface area contributed by atoms with Gasteiger partial charge in [-0.2, -0.15) is 5.10 Å². The predicted octanol–water partition coefficient (Wildman–Crippen LogP) is 4.46. The fraction of sp³-hybridized carbons (Fsp3) is 0.154. The zero-order valence-electron chi connectivity index (χ0n) is 18.3. The summed E-state index contributed by atoms with van der Waals surface area (Å²) in [6, 6.07) is 23.0. The van der Waals surface area contributed by atoms with Gasteiger partial charge in [-0.1, -0.05) is 60.1 Å². The molecule has 1 amide bonds. The maximum Gasteiger partial charge on any atom is 0.258 e. The lowest BCUT2D eigenvalue weighted by Gasteiger charge is -2.12. The first-order valence-corrected chi connectivity index (χ1v) is 11.4. The first-order chi connectivity index (χ1) is 16.7. The molecule has 172 valence electrons. The van der Waals surface area contributed by atoms with Crippen LogP contribution in [0.15, 0.2) is 84.1 Å². The van der Waals surface area contributed by atoms with Crippen LogP contribution in [0.5, 0.6) is 5.75 Å². The van der Waals surface area contributed by atoms with Crippen LogP contribution >= 0.6 is 11.6 Å². The van der Waals surface area contributed by atoms with E-state index in [-0.39, 0.29) is 18.0 Å². The number of hydrogen-bond donors (Lipinski definition) is 4. The molecule has 7 nitrogen and oxygen atoms in total. The van der Waals surface area contributed by atoms with E-state index < -0.39 is 0 Å². The number of hydrazone groups is 1. The normalized spacial score (nSPS) is 17.9. The number of hydrogen-bond acceptors (Lipinski definition) is 5. The van der Waals surface area contributed by atoms with Crippen LogP contribution in [-0.2, 0) is 11.4 Å². The zero-order chi connectivity index (χ0) is 23.3. The molecule has 4 N–H and O–H groups in total. The molecule has 0 saturated carbocycles. The standard InChI is InChI=1S/C26H24ClN5O2/c27-22-7-3-1-5-18(22)16-34-20-11-9-17(10-12-20)24-13-25(31-30-24)26(33)32-29-15-19-14-28-23-8-4-2-6-21(19)23/h1-12,14-15,24-25,28,30-31H,13,16H2,(H,32,33)/b29-15+. The minimum absolute atomic E-state index is 0.00552. The summed E-state index contributed by atoms with van der Waals surface area (Å²) < 4.78 is 5.85. The lowest BCUT2D eigenvalue weighted by molar-refractivity contribution is -0.122. The van der Waals surface area contributed by atoms with Gasteiger partial charge in [0.1, 0.15) is 18.4 Å². The third-order valence-electron chi connectivity index (χ3n) is 5.85. The SMILES string of the molecule is O=C(N/N=C/c1c[nH]c2ccccc12)C1CC(c2ccc(OCc3ccccc3Cl)cc2)NN1. The number of fused-ring (bicyclic) bond motifs is 1. The maximum absolute atomic E-state index is 12.5. The zero-order valence-corrected chi connectivity index (χ0v) is 19.0. The Kier molecular flexibility index (Phi) is 6.58. The molecular formula is C26H24ClN5O2. The lowest BCUT2D eigenvalue weighted by Crippen LogP contribution is -2.41. The molecule has 0 bridgehead atoms. The Balaban J connectivity index is 1.13. The largest absolute Gasteiger partial charge is 0.489 e. The van der Waals surface area contributed by atoms with Crippen molar-refractivity contribution in [2.45, 2.75) is 25.1 Å². The van der Waals surface area contributed by atoms with Crippen LogP contribution in [-0.4, -0.2) is 23.1 Å². The van der Waals surface area contributed by atoms with E-state index in [9.17, 15) is 4.79 Å². The van der Waals surface area contributed by atoms with E-state index in [1.54, 1.807) is 6.21 Å². The molecule has 2 unspecified atom stereocenters. The summed E-state index contributed by atoms with van der Waals surface area (Å²) in [4.78, 5) is 15.7. The average molecular weight is 474 g/mol. The van der Waals surface area contributed by atoms with E-state index in [1.807, 2.05) is 79.0 Å². The van der Waals surface area contributed by atoms with Gasteiger partial charge in [0, 0.05) is 39.3 Å². The van der Waals surface area contributed by atoms with Crippen LogP contribution in [0.2, 0.25) is 5.02 Å². The van der Waals surface area contributed by atoms with Crippen molar-refractivity contribution in [1.29, 1.82) is 0 Å². The molecule has 0 radical (unpaired) electrons. The minimum atomic E-state index is -0.388. The van der Waals surface area contributed by atoms with E-state index in [1.165, 1.54) is 0 Å². The summed E-state index contributed by atoms with van der Waals surface area (Å²) in [7, 11) is 0. The quantitative estimate of drug-likeness (QED) is 0.236. The molecule has 3 aromatic carbocycles. The maximum atomic E-state index is 12.5. The Bertz CT molecular complexity index is 1320. The number of hydrazine groups is 1. The Morgan fingerprint density at radius 1 is 1.06 bits per heavy atom. The van der Waals surface area contributed by atoms with Crippen molar-refractivity contribution in [3.05, 3.63) is 101 Å². The summed E-state index contributed by atoms with van der Waals surface area (Å²) in [5, 5.41) is 5.88. The molecule has 4 aromatic rings. The van der Waals surface area contributed by atoms with Crippen molar-refractivity contribution in [3.8, 4) is 5.75 Å². The van der Waals surface area contributed by atoms with Crippen molar-refractivity contribution in [2.24, 2.45) is 5.10 Å². The van der Waals surface area contributed by atoms with Gasteiger partial charge in [0.25, 0.3) is 5.91 Å². The number of nitrogens with zero attached hydrogens (tertiary/aromatic N) is 1. The van der Waals surface area contributed by atoms with Crippen LogP contribution in [0, 0.1) is 0 Å². The Morgan fingerprint density at radius 3 is 2.71 bits per heavy atom. The second-order valence-corrected chi connectivity index (χ2v) is 8.51. The number of aromatic nitrogens is 1. The van der Waals surface area contributed by atoms with Gasteiger partial charge in [-0.05, 0) is 36.2 Å². The van der Waals surface area contributed by atoms with Crippen LogP contribution < -0.4 is 21.0 Å². The van der Waals surface area contributed by atoms with E-state index in [2.05, 4.69) is 26.4 Å². The molecule has 5 rings (SSSR count). The summed E-state index contributed by atoms with van der Waals surface area (Å²) >= 11 is 6.18. The number of rotatable bonds is 7. The summed E-state index contributed by atoms with van der Waals surface area (Å²) in [5.41, 5.74) is 12.8. The molecule has 0 spiro atoms. The summed E-state index contributed by atoms with van der Waals surface area (Å²) in [6.45, 7) is 0.406. The molecule has 0 aliphatic carbocycles. The molecule has 1 fully saturated rings. The molecule has 1 aliphatic heterocycles. The fourth-order valence-corrected chi connectivity index (χ4v) is 4.15. The van der Waals surface area contributed by atoms with Gasteiger partial charge >= 0.3 is 0 Å². The highest BCUT2D eigenvalue weighted by Gasteiger charge is 2.30. The first-order valence-electron chi connectivity index (χ1n) is 11.0. The third-order valence-corrected chi connectivity index (χ3v) is 6.22. The molecule has 34 heavy (non-hydrogen) atoms. The minimum Gasteiger partial charge on any atom is -0.489 e. The summed E-state index contributed by atoms with van der Waals surface area (Å²) in [5.74, 6) is 0.571. The van der Waals surface area contributed by atoms with Crippen molar-refractivity contribution in [2.75, 3.05) is 0 Å². The summed E-state index contributed by atoms with van der Waals surface area (Å²) in [6.07, 6.45) is 4.12. The van der Waals surface area contributed by atoms with E-state index in [0.717, 1.165) is 33.3 Å². The first kappa shape index (κ1) is 22.2. The topological polar surface area (TPSA) is 90.5 Å². The molecule has 2 atom stereocenters. The van der Waals surface area contributed by atoms with Gasteiger partial charge in [0.05, 0.1) is 6.21 Å². The van der Waals surface area contributed by atoms with Crippen molar-refractivity contribution in [3.63, 3.8) is 0 Å². The van der Waals surface area contributed by atoms with Gasteiger partial charge in [-0.15, -0.1) is 0 Å². The molecule has 1 saturated heterocycles. The van der Waals surface area contributed by atoms with Crippen LogP contribution in [0.1, 0.15) is 29.2 Å². The Hall–Kier alpha value is -3.65. The number of ether oxygens (including phenoxy) is 1. The Morgan fingerprint density at radius 2 is 1.85 bits per heavy atom. The monoisotopic (exact) mass is 473 g/mol. The van der Waals surface area contributed by atoms with Gasteiger partial charge in [0.2, 0.25) is 0 Å². The average Bonchev–Trinajstić information content (AvgIpc) is 3.52. The van der Waals surface area contributed by atoms with E-state index >= 15 is 0 Å². The number of para-hydroxylation sites is 1. The fourth-order valence-electron chi connectivity index (χ4n) is 3.96. The smallest absolute Gasteiger partial charge is 0.258 e. The molecular weight excluding hydrogens is 450 g/mol. The number of carbonyl (C=O) groups excluding carboxylic acids is 1.